The second-order valence-corrected chi connectivity index (χ2v) is 12.3. The van der Waals surface area contributed by atoms with Crippen LogP contribution in [0.1, 0.15) is 25.8 Å². The number of carbonyl (C=O) groups excluding carboxylic acids is 1. The molecule has 0 saturated carbocycles. The highest BCUT2D eigenvalue weighted by Gasteiger charge is 2.44. The van der Waals surface area contributed by atoms with Crippen LogP contribution in [0.2, 0.25) is 0 Å². The van der Waals surface area contributed by atoms with Crippen molar-refractivity contribution in [2.75, 3.05) is 32.0 Å². The Morgan fingerprint density at radius 2 is 1.82 bits per heavy atom. The van der Waals surface area contributed by atoms with Gasteiger partial charge in [-0.3, -0.25) is 0 Å². The lowest BCUT2D eigenvalue weighted by molar-refractivity contribution is -0.0907. The molecule has 0 spiro atoms. The molecule has 2 heterocycles. The zero-order chi connectivity index (χ0) is 27.3. The van der Waals surface area contributed by atoms with Crippen LogP contribution < -0.4 is 16.8 Å². The normalized spacial score (nSPS) is 22.8. The predicted molar refractivity (Wildman–Crippen MR) is 144 cm³/mol. The highest BCUT2D eigenvalue weighted by atomic mass is 32.2. The quantitative estimate of drug-likeness (QED) is 0.364. The van der Waals surface area contributed by atoms with Crippen molar-refractivity contribution in [1.29, 1.82) is 0 Å². The van der Waals surface area contributed by atoms with Crippen LogP contribution in [0.15, 0.2) is 59.5 Å². The number of nitrogens with one attached hydrogen (secondary N) is 1. The van der Waals surface area contributed by atoms with Crippen molar-refractivity contribution in [3.05, 3.63) is 60.2 Å². The average molecular weight is 547 g/mol. The maximum atomic E-state index is 13.5. The summed E-state index contributed by atoms with van der Waals surface area (Å²) in [6.07, 6.45) is -0.176. The molecule has 4 rings (SSSR count). The van der Waals surface area contributed by atoms with E-state index in [1.165, 1.54) is 16.4 Å². The number of hydrogen-bond donors (Lipinski definition) is 3. The second-order valence-electron chi connectivity index (χ2n) is 10.4. The first-order valence-electron chi connectivity index (χ1n) is 13.0. The molecule has 2 fully saturated rings. The molecule has 0 bridgehead atoms. The minimum atomic E-state index is -3.85. The molecule has 1 unspecified atom stereocenters. The Balaban J connectivity index is 1.51. The Bertz CT molecular complexity index is 1160. The van der Waals surface area contributed by atoms with E-state index in [1.807, 2.05) is 44.2 Å². The maximum Gasteiger partial charge on any atom is 0.407 e. The third kappa shape index (κ3) is 7.03. The van der Waals surface area contributed by atoms with E-state index in [4.69, 9.17) is 25.7 Å². The largest absolute Gasteiger partial charge is 0.443 e. The van der Waals surface area contributed by atoms with Crippen molar-refractivity contribution in [1.82, 2.24) is 9.62 Å². The Kier molecular flexibility index (Phi) is 9.27. The lowest BCUT2D eigenvalue weighted by Crippen LogP contribution is -2.55. The third-order valence-corrected chi connectivity index (χ3v) is 8.71. The van der Waals surface area contributed by atoms with Crippen LogP contribution in [0, 0.1) is 11.8 Å². The van der Waals surface area contributed by atoms with Gasteiger partial charge >= 0.3 is 6.09 Å². The summed E-state index contributed by atoms with van der Waals surface area (Å²) in [6.45, 7) is 5.02. The molecule has 208 valence electrons. The Hall–Kier alpha value is -2.70. The topological polar surface area (TPSA) is 146 Å². The lowest BCUT2D eigenvalue weighted by atomic mass is 9.99. The van der Waals surface area contributed by atoms with E-state index in [1.54, 1.807) is 12.1 Å². The molecule has 2 aromatic rings. The number of benzene rings is 2. The number of sulfonamides is 1. The van der Waals surface area contributed by atoms with Crippen LogP contribution in [0.4, 0.5) is 10.5 Å². The standard InChI is InChI=1S/C27H38N4O6S/c1-18(2)15-31(38(33,34)21-10-8-20(28)9-11-21)16-23(29)24(14-19-6-4-3-5-7-19)30-27(32)37-25-17-36-26-22(25)12-13-35-26/h3-11,18,22-26H,12-17,28-29H2,1-2H3,(H,30,32)/t22-,23+,24-,25?,26+/m0/s1. The van der Waals surface area contributed by atoms with Gasteiger partial charge in [-0.1, -0.05) is 44.2 Å². The van der Waals surface area contributed by atoms with Gasteiger partial charge in [0.25, 0.3) is 0 Å². The van der Waals surface area contributed by atoms with Crippen LogP contribution in [0.3, 0.4) is 0 Å². The van der Waals surface area contributed by atoms with Crippen LogP contribution >= 0.6 is 0 Å². The number of alkyl carbamates (subject to hydrolysis) is 1. The molecule has 2 aliphatic heterocycles. The smallest absolute Gasteiger partial charge is 0.407 e. The predicted octanol–water partition coefficient (Wildman–Crippen LogP) is 2.34. The fraction of sp³-hybridized carbons (Fsp3) is 0.519. The molecule has 0 radical (unpaired) electrons. The molecule has 2 aromatic carbocycles. The maximum absolute atomic E-state index is 13.5. The average Bonchev–Trinajstić information content (AvgIpc) is 3.49. The van der Waals surface area contributed by atoms with E-state index >= 15 is 0 Å². The van der Waals surface area contributed by atoms with Crippen molar-refractivity contribution in [3.63, 3.8) is 0 Å². The summed E-state index contributed by atoms with van der Waals surface area (Å²) in [6, 6.07) is 14.4. The number of carbonyl (C=O) groups is 1. The van der Waals surface area contributed by atoms with Gasteiger partial charge in [-0.05, 0) is 48.6 Å². The number of rotatable bonds is 11. The van der Waals surface area contributed by atoms with Crippen LogP contribution in [-0.2, 0) is 30.7 Å². The van der Waals surface area contributed by atoms with Crippen molar-refractivity contribution in [2.45, 2.75) is 56.1 Å². The molecule has 2 saturated heterocycles. The minimum absolute atomic E-state index is 0.00769. The Morgan fingerprint density at radius 1 is 1.11 bits per heavy atom. The molecule has 11 heteroatoms. The van der Waals surface area contributed by atoms with E-state index in [0.29, 0.717) is 18.7 Å². The third-order valence-electron chi connectivity index (χ3n) is 6.86. The molecular formula is C27H38N4O6S. The Labute approximate surface area is 224 Å². The number of ether oxygens (including phenoxy) is 3. The van der Waals surface area contributed by atoms with E-state index in [9.17, 15) is 13.2 Å². The fourth-order valence-corrected chi connectivity index (χ4v) is 6.52. The monoisotopic (exact) mass is 546 g/mol. The molecule has 2 aliphatic rings. The molecule has 0 aliphatic carbocycles. The molecule has 5 N–H and O–H groups in total. The van der Waals surface area contributed by atoms with E-state index in [-0.39, 0.29) is 42.7 Å². The van der Waals surface area contributed by atoms with Crippen molar-refractivity contribution in [3.8, 4) is 0 Å². The first-order chi connectivity index (χ1) is 18.1. The van der Waals surface area contributed by atoms with Gasteiger partial charge in [0.15, 0.2) is 6.29 Å². The van der Waals surface area contributed by atoms with Gasteiger partial charge < -0.3 is 31.0 Å². The molecule has 5 atom stereocenters. The fourth-order valence-electron chi connectivity index (χ4n) is 4.88. The number of anilines is 1. The highest BCUT2D eigenvalue weighted by molar-refractivity contribution is 7.89. The van der Waals surface area contributed by atoms with E-state index < -0.39 is 34.3 Å². The van der Waals surface area contributed by atoms with Gasteiger partial charge in [0.2, 0.25) is 10.0 Å². The van der Waals surface area contributed by atoms with Crippen LogP contribution in [0.5, 0.6) is 0 Å². The van der Waals surface area contributed by atoms with Gasteiger partial charge in [0.1, 0.15) is 6.10 Å². The van der Waals surface area contributed by atoms with E-state index in [2.05, 4.69) is 5.32 Å². The minimum Gasteiger partial charge on any atom is -0.443 e. The summed E-state index contributed by atoms with van der Waals surface area (Å²) in [5, 5.41) is 2.91. The SMILES string of the molecule is CC(C)CN(C[C@@H](N)[C@H](Cc1ccccc1)NC(=O)OC1CO[C@H]2OCC[C@@H]12)S(=O)(=O)c1ccc(N)cc1. The summed E-state index contributed by atoms with van der Waals surface area (Å²) < 4.78 is 45.3. The highest BCUT2D eigenvalue weighted by Crippen LogP contribution is 2.33. The van der Waals surface area contributed by atoms with E-state index in [0.717, 1.165) is 12.0 Å². The molecule has 10 nitrogen and oxygen atoms in total. The second kappa shape index (κ2) is 12.4. The summed E-state index contributed by atoms with van der Waals surface area (Å²) in [5.41, 5.74) is 13.8. The molecule has 0 aromatic heterocycles. The number of hydrogen-bond acceptors (Lipinski definition) is 8. The van der Waals surface area contributed by atoms with Gasteiger partial charge in [-0.15, -0.1) is 0 Å². The van der Waals surface area contributed by atoms with Gasteiger partial charge in [-0.25, -0.2) is 13.2 Å². The summed E-state index contributed by atoms with van der Waals surface area (Å²) >= 11 is 0. The van der Waals surface area contributed by atoms with Crippen LogP contribution in [-0.4, -0.2) is 69.6 Å². The van der Waals surface area contributed by atoms with Gasteiger partial charge in [0, 0.05) is 24.8 Å². The first-order valence-corrected chi connectivity index (χ1v) is 14.4. The Morgan fingerprint density at radius 3 is 2.50 bits per heavy atom. The zero-order valence-electron chi connectivity index (χ0n) is 21.9. The molecule has 38 heavy (non-hydrogen) atoms. The molecular weight excluding hydrogens is 508 g/mol. The van der Waals surface area contributed by atoms with Gasteiger partial charge in [-0.2, -0.15) is 4.31 Å². The van der Waals surface area contributed by atoms with Crippen molar-refractivity contribution < 1.29 is 27.4 Å². The van der Waals surface area contributed by atoms with Crippen LogP contribution in [0.25, 0.3) is 0 Å². The number of nitrogens with two attached hydrogens (primary N) is 2. The zero-order valence-corrected chi connectivity index (χ0v) is 22.7. The van der Waals surface area contributed by atoms with Gasteiger partial charge in [0.05, 0.1) is 30.1 Å². The first kappa shape index (κ1) is 28.3. The number of amides is 1. The molecule has 1 amide bonds. The summed E-state index contributed by atoms with van der Waals surface area (Å²) in [7, 11) is -3.85. The lowest BCUT2D eigenvalue weighted by Gasteiger charge is -2.31. The number of nitrogen functional groups attached to an aromatic ring is 1. The number of nitrogens with zero attached hydrogens (tertiary/aromatic N) is 1. The summed E-state index contributed by atoms with van der Waals surface area (Å²) in [4.78, 5) is 13.1. The van der Waals surface area contributed by atoms with Crippen molar-refractivity contribution in [2.24, 2.45) is 17.6 Å². The van der Waals surface area contributed by atoms with Crippen molar-refractivity contribution >= 4 is 21.8 Å². The summed E-state index contributed by atoms with van der Waals surface area (Å²) in [5.74, 6) is 0.0637. The number of fused-ring (bicyclic) bond motifs is 1.